The molecule has 0 bridgehead atoms. The molecule has 1 aromatic rings. The maximum atomic E-state index is 11.9. The first kappa shape index (κ1) is 15.9. The predicted molar refractivity (Wildman–Crippen MR) is 72.6 cm³/mol. The van der Waals surface area contributed by atoms with Crippen LogP contribution in [0, 0.1) is 13.8 Å². The van der Waals surface area contributed by atoms with Gasteiger partial charge in [-0.15, -0.1) is 0 Å². The van der Waals surface area contributed by atoms with Crippen LogP contribution in [0.2, 0.25) is 0 Å². The summed E-state index contributed by atoms with van der Waals surface area (Å²) in [5.74, 6) is -0.900. The summed E-state index contributed by atoms with van der Waals surface area (Å²) in [6.07, 6.45) is 0. The molecule has 0 radical (unpaired) electrons. The summed E-state index contributed by atoms with van der Waals surface area (Å²) in [4.78, 5) is 34.6. The Morgan fingerprint density at radius 3 is 2.40 bits per heavy atom. The van der Waals surface area contributed by atoms with Crippen molar-refractivity contribution < 1.29 is 18.7 Å². The third-order valence-electron chi connectivity index (χ3n) is 2.39. The van der Waals surface area contributed by atoms with Gasteiger partial charge in [0.2, 0.25) is 0 Å². The summed E-state index contributed by atoms with van der Waals surface area (Å²) in [6, 6.07) is 1.21. The van der Waals surface area contributed by atoms with E-state index in [9.17, 15) is 14.4 Å². The van der Waals surface area contributed by atoms with Gasteiger partial charge in [-0.1, -0.05) is 0 Å². The van der Waals surface area contributed by atoms with E-state index in [1.165, 1.54) is 13.0 Å². The predicted octanol–water partition coefficient (Wildman–Crippen LogP) is 1.33. The Hall–Kier alpha value is -2.11. The van der Waals surface area contributed by atoms with Gasteiger partial charge in [-0.05, 0) is 40.2 Å². The molecule has 1 rings (SSSR count). The van der Waals surface area contributed by atoms with Crippen LogP contribution in [0.3, 0.4) is 0 Å². The number of rotatable bonds is 3. The summed E-state index contributed by atoms with van der Waals surface area (Å²) in [7, 11) is 0. The summed E-state index contributed by atoms with van der Waals surface area (Å²) >= 11 is 0. The SMILES string of the molecule is Cc1cc(=O)oc(C)c1C(=O)OCC(=O)NC(C)(C)C. The van der Waals surface area contributed by atoms with Crippen LogP contribution in [0.5, 0.6) is 0 Å². The average molecular weight is 281 g/mol. The first-order valence-corrected chi connectivity index (χ1v) is 6.19. The number of carbonyl (C=O) groups excluding carboxylic acids is 2. The van der Waals surface area contributed by atoms with Crippen LogP contribution in [0.1, 0.15) is 42.5 Å². The van der Waals surface area contributed by atoms with Crippen LogP contribution in [-0.2, 0) is 9.53 Å². The molecule has 1 heterocycles. The zero-order valence-corrected chi connectivity index (χ0v) is 12.3. The molecule has 0 aliphatic carbocycles. The normalized spacial score (nSPS) is 11.1. The number of aryl methyl sites for hydroxylation is 2. The molecular formula is C14H19NO5. The van der Waals surface area contributed by atoms with E-state index >= 15 is 0 Å². The van der Waals surface area contributed by atoms with Gasteiger partial charge in [0, 0.05) is 11.6 Å². The Morgan fingerprint density at radius 2 is 1.90 bits per heavy atom. The molecule has 6 nitrogen and oxygen atoms in total. The smallest absolute Gasteiger partial charge is 0.342 e. The van der Waals surface area contributed by atoms with Crippen LogP contribution >= 0.6 is 0 Å². The third-order valence-corrected chi connectivity index (χ3v) is 2.39. The first-order chi connectivity index (χ1) is 9.10. The van der Waals surface area contributed by atoms with Gasteiger partial charge < -0.3 is 14.5 Å². The van der Waals surface area contributed by atoms with Crippen molar-refractivity contribution in [1.82, 2.24) is 5.32 Å². The second-order valence-electron chi connectivity index (χ2n) is 5.55. The fourth-order valence-electron chi connectivity index (χ4n) is 1.72. The van der Waals surface area contributed by atoms with Crippen molar-refractivity contribution in [2.24, 2.45) is 0 Å². The van der Waals surface area contributed by atoms with E-state index < -0.39 is 23.0 Å². The van der Waals surface area contributed by atoms with Crippen molar-refractivity contribution in [3.8, 4) is 0 Å². The highest BCUT2D eigenvalue weighted by molar-refractivity contribution is 5.93. The minimum absolute atomic E-state index is 0.174. The summed E-state index contributed by atoms with van der Waals surface area (Å²) in [5, 5.41) is 2.67. The van der Waals surface area contributed by atoms with Crippen molar-refractivity contribution in [3.05, 3.63) is 33.4 Å². The lowest BCUT2D eigenvalue weighted by molar-refractivity contribution is -0.125. The lowest BCUT2D eigenvalue weighted by Crippen LogP contribution is -2.42. The van der Waals surface area contributed by atoms with E-state index in [2.05, 4.69) is 5.32 Å². The van der Waals surface area contributed by atoms with Gasteiger partial charge in [0.15, 0.2) is 6.61 Å². The maximum Gasteiger partial charge on any atom is 0.342 e. The highest BCUT2D eigenvalue weighted by Gasteiger charge is 2.19. The number of nitrogens with one attached hydrogen (secondary N) is 1. The molecule has 0 fully saturated rings. The first-order valence-electron chi connectivity index (χ1n) is 6.19. The van der Waals surface area contributed by atoms with Gasteiger partial charge in [0.05, 0.1) is 0 Å². The molecule has 0 spiro atoms. The van der Waals surface area contributed by atoms with E-state index in [4.69, 9.17) is 9.15 Å². The molecule has 0 aliphatic rings. The van der Waals surface area contributed by atoms with Crippen LogP contribution in [0.4, 0.5) is 0 Å². The van der Waals surface area contributed by atoms with Gasteiger partial charge >= 0.3 is 11.6 Å². The monoisotopic (exact) mass is 281 g/mol. The summed E-state index contributed by atoms with van der Waals surface area (Å²) < 4.78 is 9.76. The molecule has 110 valence electrons. The molecule has 1 amide bonds. The van der Waals surface area contributed by atoms with Crippen molar-refractivity contribution in [3.63, 3.8) is 0 Å². The molecule has 0 aliphatic heterocycles. The summed E-state index contributed by atoms with van der Waals surface area (Å²) in [5.41, 5.74) is -0.287. The third kappa shape index (κ3) is 4.53. The number of esters is 1. The topological polar surface area (TPSA) is 85.6 Å². The van der Waals surface area contributed by atoms with Crippen molar-refractivity contribution in [2.75, 3.05) is 6.61 Å². The molecule has 20 heavy (non-hydrogen) atoms. The van der Waals surface area contributed by atoms with E-state index in [0.717, 1.165) is 0 Å². The minimum atomic E-state index is -0.687. The van der Waals surface area contributed by atoms with E-state index in [1.807, 2.05) is 20.8 Å². The molecular weight excluding hydrogens is 262 g/mol. The summed E-state index contributed by atoms with van der Waals surface area (Å²) in [6.45, 7) is 8.21. The maximum absolute atomic E-state index is 11.9. The number of hydrogen-bond donors (Lipinski definition) is 1. The molecule has 0 unspecified atom stereocenters. The van der Waals surface area contributed by atoms with Crippen molar-refractivity contribution >= 4 is 11.9 Å². The molecule has 0 saturated carbocycles. The molecule has 0 atom stereocenters. The number of hydrogen-bond acceptors (Lipinski definition) is 5. The Labute approximate surface area is 117 Å². The van der Waals surface area contributed by atoms with E-state index in [1.54, 1.807) is 6.92 Å². The Bertz CT molecular complexity index is 554. The second-order valence-corrected chi connectivity index (χ2v) is 5.55. The zero-order chi connectivity index (χ0) is 15.5. The molecule has 6 heteroatoms. The standard InChI is InChI=1S/C14H19NO5/c1-8-6-11(17)20-9(2)12(8)13(18)19-7-10(16)15-14(3,4)5/h6H,7H2,1-5H3,(H,15,16). The largest absolute Gasteiger partial charge is 0.452 e. The highest BCUT2D eigenvalue weighted by atomic mass is 16.5. The second kappa shape index (κ2) is 5.90. The zero-order valence-electron chi connectivity index (χ0n) is 12.3. The van der Waals surface area contributed by atoms with Crippen molar-refractivity contribution in [1.29, 1.82) is 0 Å². The number of amides is 1. The Kier molecular flexibility index (Phi) is 4.70. The van der Waals surface area contributed by atoms with Gasteiger partial charge in [0.25, 0.3) is 5.91 Å². The van der Waals surface area contributed by atoms with Gasteiger partial charge in [-0.3, -0.25) is 4.79 Å². The molecule has 1 aromatic heterocycles. The van der Waals surface area contributed by atoms with E-state index in [0.29, 0.717) is 5.56 Å². The van der Waals surface area contributed by atoms with Gasteiger partial charge in [0.1, 0.15) is 11.3 Å². The quantitative estimate of drug-likeness (QED) is 0.845. The van der Waals surface area contributed by atoms with Crippen LogP contribution < -0.4 is 10.9 Å². The lowest BCUT2D eigenvalue weighted by Gasteiger charge is -2.20. The fourth-order valence-corrected chi connectivity index (χ4v) is 1.72. The molecule has 0 saturated heterocycles. The van der Waals surface area contributed by atoms with Crippen molar-refractivity contribution in [2.45, 2.75) is 40.2 Å². The van der Waals surface area contributed by atoms with E-state index in [-0.39, 0.29) is 17.9 Å². The molecule has 1 N–H and O–H groups in total. The average Bonchev–Trinajstić information content (AvgIpc) is 2.22. The van der Waals surface area contributed by atoms with Gasteiger partial charge in [-0.25, -0.2) is 9.59 Å². The Morgan fingerprint density at radius 1 is 1.30 bits per heavy atom. The van der Waals surface area contributed by atoms with Crippen LogP contribution in [0.25, 0.3) is 0 Å². The van der Waals surface area contributed by atoms with Crippen LogP contribution in [0.15, 0.2) is 15.3 Å². The minimum Gasteiger partial charge on any atom is -0.452 e. The van der Waals surface area contributed by atoms with Crippen LogP contribution in [-0.4, -0.2) is 24.0 Å². The number of carbonyl (C=O) groups is 2. The molecule has 0 aromatic carbocycles. The van der Waals surface area contributed by atoms with Gasteiger partial charge in [-0.2, -0.15) is 0 Å². The lowest BCUT2D eigenvalue weighted by atomic mass is 10.1. The Balaban J connectivity index is 2.74. The highest BCUT2D eigenvalue weighted by Crippen LogP contribution is 2.12. The fraction of sp³-hybridized carbons (Fsp3) is 0.500. The number of ether oxygens (including phenoxy) is 1.